The van der Waals surface area contributed by atoms with Crippen molar-refractivity contribution < 1.29 is 9.21 Å². The third-order valence-electron chi connectivity index (χ3n) is 5.46. The Labute approximate surface area is 153 Å². The Morgan fingerprint density at radius 3 is 3.00 bits per heavy atom. The number of hydrogen-bond acceptors (Lipinski definition) is 3. The molecule has 5 nitrogen and oxygen atoms in total. The van der Waals surface area contributed by atoms with Crippen LogP contribution in [0.1, 0.15) is 61.0 Å². The maximum atomic E-state index is 13.0. The molecule has 1 fully saturated rings. The van der Waals surface area contributed by atoms with Crippen LogP contribution < -0.4 is 0 Å². The van der Waals surface area contributed by atoms with Gasteiger partial charge in [0.15, 0.2) is 0 Å². The molecule has 0 aliphatic carbocycles. The molecular formula is C21H25N3O2. The molecule has 1 saturated heterocycles. The van der Waals surface area contributed by atoms with Gasteiger partial charge in [0.05, 0.1) is 24.4 Å². The Bertz CT molecular complexity index is 924. The Morgan fingerprint density at radius 1 is 1.42 bits per heavy atom. The summed E-state index contributed by atoms with van der Waals surface area (Å²) >= 11 is 0. The minimum absolute atomic E-state index is 0.108. The highest BCUT2D eigenvalue weighted by Gasteiger charge is 2.31. The SMILES string of the molecule is Cc1cc2occ(CC(=O)N3CCCC3c3ccn[nH]3)c2cc1C(C)C. The zero-order valence-corrected chi connectivity index (χ0v) is 15.6. The minimum Gasteiger partial charge on any atom is -0.464 e. The number of rotatable bonds is 4. The topological polar surface area (TPSA) is 62.1 Å². The number of likely N-dealkylation sites (tertiary alicyclic amines) is 1. The number of nitrogens with one attached hydrogen (secondary N) is 1. The molecule has 5 heteroatoms. The second-order valence-electron chi connectivity index (χ2n) is 7.55. The Balaban J connectivity index is 1.60. The highest BCUT2D eigenvalue weighted by atomic mass is 16.3. The molecular weight excluding hydrogens is 326 g/mol. The molecule has 3 aromatic rings. The van der Waals surface area contributed by atoms with Crippen molar-refractivity contribution in [1.82, 2.24) is 15.1 Å². The van der Waals surface area contributed by atoms with Crippen LogP contribution in [0.4, 0.5) is 0 Å². The lowest BCUT2D eigenvalue weighted by Gasteiger charge is -2.23. The van der Waals surface area contributed by atoms with Gasteiger partial charge in [-0.15, -0.1) is 0 Å². The first-order chi connectivity index (χ1) is 12.5. The van der Waals surface area contributed by atoms with Gasteiger partial charge < -0.3 is 9.32 Å². The van der Waals surface area contributed by atoms with E-state index in [0.717, 1.165) is 41.6 Å². The lowest BCUT2D eigenvalue weighted by Crippen LogP contribution is -2.32. The van der Waals surface area contributed by atoms with Crippen molar-refractivity contribution in [3.05, 3.63) is 53.0 Å². The van der Waals surface area contributed by atoms with Crippen molar-refractivity contribution in [2.75, 3.05) is 6.54 Å². The van der Waals surface area contributed by atoms with Crippen LogP contribution in [-0.4, -0.2) is 27.5 Å². The van der Waals surface area contributed by atoms with Gasteiger partial charge >= 0.3 is 0 Å². The van der Waals surface area contributed by atoms with Crippen molar-refractivity contribution in [3.63, 3.8) is 0 Å². The molecule has 3 heterocycles. The minimum atomic E-state index is 0.108. The summed E-state index contributed by atoms with van der Waals surface area (Å²) in [5, 5.41) is 8.11. The van der Waals surface area contributed by atoms with Gasteiger partial charge in [-0.1, -0.05) is 13.8 Å². The van der Waals surface area contributed by atoms with Gasteiger partial charge in [-0.3, -0.25) is 9.89 Å². The first-order valence-corrected chi connectivity index (χ1v) is 9.34. The van der Waals surface area contributed by atoms with Crippen LogP contribution in [-0.2, 0) is 11.2 Å². The summed E-state index contributed by atoms with van der Waals surface area (Å²) in [6.07, 6.45) is 5.87. The largest absolute Gasteiger partial charge is 0.464 e. The molecule has 1 aromatic carbocycles. The number of benzene rings is 1. The van der Waals surface area contributed by atoms with Crippen LogP contribution in [0.25, 0.3) is 11.0 Å². The van der Waals surface area contributed by atoms with Gasteiger partial charge in [0.2, 0.25) is 5.91 Å². The molecule has 1 aliphatic heterocycles. The predicted octanol–water partition coefficient (Wildman–Crippen LogP) is 4.49. The fourth-order valence-corrected chi connectivity index (χ4v) is 4.11. The Kier molecular flexibility index (Phi) is 4.31. The molecule has 4 rings (SSSR count). The second kappa shape index (κ2) is 6.63. The molecule has 1 atom stereocenters. The zero-order valence-electron chi connectivity index (χ0n) is 15.6. The summed E-state index contributed by atoms with van der Waals surface area (Å²) in [5.41, 5.74) is 5.40. The first-order valence-electron chi connectivity index (χ1n) is 9.34. The first kappa shape index (κ1) is 16.9. The molecule has 26 heavy (non-hydrogen) atoms. The number of aromatic nitrogens is 2. The molecule has 0 saturated carbocycles. The van der Waals surface area contributed by atoms with Crippen molar-refractivity contribution >= 4 is 16.9 Å². The quantitative estimate of drug-likeness (QED) is 0.753. The molecule has 1 unspecified atom stereocenters. The maximum absolute atomic E-state index is 13.0. The van der Waals surface area contributed by atoms with Crippen molar-refractivity contribution in [2.24, 2.45) is 0 Å². The summed E-state index contributed by atoms with van der Waals surface area (Å²) in [7, 11) is 0. The zero-order chi connectivity index (χ0) is 18.3. The number of amides is 1. The number of H-pyrrole nitrogens is 1. The number of carbonyl (C=O) groups is 1. The van der Waals surface area contributed by atoms with Crippen LogP contribution in [0.5, 0.6) is 0 Å². The van der Waals surface area contributed by atoms with Crippen LogP contribution >= 0.6 is 0 Å². The number of aromatic amines is 1. The van der Waals surface area contributed by atoms with Crippen LogP contribution in [0.2, 0.25) is 0 Å². The molecule has 2 aromatic heterocycles. The maximum Gasteiger partial charge on any atom is 0.227 e. The second-order valence-corrected chi connectivity index (χ2v) is 7.55. The number of fused-ring (bicyclic) bond motifs is 1. The van der Waals surface area contributed by atoms with E-state index < -0.39 is 0 Å². The van der Waals surface area contributed by atoms with E-state index in [9.17, 15) is 4.79 Å². The average Bonchev–Trinajstić information content (AvgIpc) is 3.34. The van der Waals surface area contributed by atoms with Crippen molar-refractivity contribution in [3.8, 4) is 0 Å². The van der Waals surface area contributed by atoms with Crippen LogP contribution in [0, 0.1) is 6.92 Å². The van der Waals surface area contributed by atoms with Crippen molar-refractivity contribution in [2.45, 2.75) is 52.0 Å². The number of hydrogen-bond donors (Lipinski definition) is 1. The number of carbonyl (C=O) groups excluding carboxylic acids is 1. The molecule has 136 valence electrons. The molecule has 1 N–H and O–H groups in total. The third kappa shape index (κ3) is 2.91. The standard InChI is InChI=1S/C21H25N3O2/c1-13(2)16-11-17-15(12-26-20(17)9-14(16)3)10-21(25)24-8-4-5-19(24)18-6-7-22-23-18/h6-7,9,11-13,19H,4-5,8,10H2,1-3H3,(H,22,23). The third-order valence-corrected chi connectivity index (χ3v) is 5.46. The summed E-state index contributed by atoms with van der Waals surface area (Å²) in [4.78, 5) is 15.0. The Morgan fingerprint density at radius 2 is 2.27 bits per heavy atom. The Hall–Kier alpha value is -2.56. The molecule has 1 amide bonds. The number of furan rings is 1. The highest BCUT2D eigenvalue weighted by Crippen LogP contribution is 2.33. The lowest BCUT2D eigenvalue weighted by molar-refractivity contribution is -0.131. The predicted molar refractivity (Wildman–Crippen MR) is 101 cm³/mol. The van der Waals surface area contributed by atoms with Crippen LogP contribution in [0.3, 0.4) is 0 Å². The summed E-state index contributed by atoms with van der Waals surface area (Å²) in [6.45, 7) is 7.30. The lowest BCUT2D eigenvalue weighted by atomic mass is 9.95. The highest BCUT2D eigenvalue weighted by molar-refractivity contribution is 5.88. The molecule has 0 radical (unpaired) electrons. The molecule has 0 spiro atoms. The summed E-state index contributed by atoms with van der Waals surface area (Å²) < 4.78 is 5.74. The smallest absolute Gasteiger partial charge is 0.227 e. The fourth-order valence-electron chi connectivity index (χ4n) is 4.11. The van der Waals surface area contributed by atoms with Crippen molar-refractivity contribution in [1.29, 1.82) is 0 Å². The van der Waals surface area contributed by atoms with Gasteiger partial charge in [-0.25, -0.2) is 0 Å². The van der Waals surface area contributed by atoms with E-state index in [1.165, 1.54) is 11.1 Å². The average molecular weight is 351 g/mol. The van der Waals surface area contributed by atoms with Gasteiger partial charge in [0.25, 0.3) is 0 Å². The van der Waals surface area contributed by atoms with Gasteiger partial charge in [-0.05, 0) is 55.0 Å². The summed E-state index contributed by atoms with van der Waals surface area (Å²) in [5.74, 6) is 0.595. The van der Waals surface area contributed by atoms with Gasteiger partial charge in [0, 0.05) is 23.7 Å². The van der Waals surface area contributed by atoms with Gasteiger partial charge in [0.1, 0.15) is 5.58 Å². The number of aryl methyl sites for hydroxylation is 1. The monoisotopic (exact) mass is 351 g/mol. The fraction of sp³-hybridized carbons (Fsp3) is 0.429. The van der Waals surface area contributed by atoms with Crippen LogP contribution in [0.15, 0.2) is 35.1 Å². The van der Waals surface area contributed by atoms with Gasteiger partial charge in [-0.2, -0.15) is 5.10 Å². The normalized spacial score (nSPS) is 17.5. The van der Waals surface area contributed by atoms with E-state index in [2.05, 4.69) is 43.1 Å². The van der Waals surface area contributed by atoms with E-state index in [1.54, 1.807) is 12.5 Å². The number of nitrogens with zero attached hydrogens (tertiary/aromatic N) is 2. The van der Waals surface area contributed by atoms with E-state index >= 15 is 0 Å². The van der Waals surface area contributed by atoms with E-state index in [1.807, 2.05) is 11.0 Å². The van der Waals surface area contributed by atoms with E-state index in [4.69, 9.17) is 4.42 Å². The summed E-state index contributed by atoms with van der Waals surface area (Å²) in [6, 6.07) is 6.35. The molecule has 0 bridgehead atoms. The molecule has 1 aliphatic rings. The van der Waals surface area contributed by atoms with E-state index in [0.29, 0.717) is 12.3 Å². The van der Waals surface area contributed by atoms with E-state index in [-0.39, 0.29) is 11.9 Å².